The molecule has 2 heterocycles. The molecule has 0 radical (unpaired) electrons. The lowest BCUT2D eigenvalue weighted by Crippen LogP contribution is -2.54. The maximum absolute atomic E-state index is 14.4. The third-order valence-electron chi connectivity index (χ3n) is 5.81. The molecule has 3 rings (SSSR count). The molecule has 0 aromatic rings. The molecule has 2 saturated heterocycles. The van der Waals surface area contributed by atoms with Crippen molar-refractivity contribution < 1.29 is 17.5 Å². The fraction of sp³-hybridized carbons (Fsp3) is 1.00. The Kier molecular flexibility index (Phi) is 6.49. The number of ether oxygens (including phenoxy) is 1. The fourth-order valence-corrected chi connectivity index (χ4v) is 6.63. The molecule has 7 heteroatoms. The second-order valence-electron chi connectivity index (χ2n) is 7.61. The summed E-state index contributed by atoms with van der Waals surface area (Å²) in [6.07, 6.45) is 7.12. The molecule has 1 aliphatic carbocycles. The fourth-order valence-electron chi connectivity index (χ4n) is 4.33. The van der Waals surface area contributed by atoms with Crippen LogP contribution in [0.15, 0.2) is 0 Å². The lowest BCUT2D eigenvalue weighted by molar-refractivity contribution is -0.0327. The number of nitrogens with one attached hydrogen (secondary N) is 1. The van der Waals surface area contributed by atoms with Gasteiger partial charge in [0.05, 0.1) is 11.9 Å². The number of hydrogen-bond acceptors (Lipinski definition) is 5. The normalized spacial score (nSPS) is 41.4. The molecule has 0 aromatic carbocycles. The van der Waals surface area contributed by atoms with Crippen LogP contribution in [0.2, 0.25) is 0 Å². The lowest BCUT2D eigenvalue weighted by Gasteiger charge is -2.40. The van der Waals surface area contributed by atoms with E-state index < -0.39 is 16.0 Å². The molecule has 0 amide bonds. The van der Waals surface area contributed by atoms with E-state index in [4.69, 9.17) is 4.74 Å². The molecular weight excluding hydrogens is 349 g/mol. The third kappa shape index (κ3) is 4.86. The number of halogens is 1. The van der Waals surface area contributed by atoms with E-state index in [0.29, 0.717) is 24.5 Å². The van der Waals surface area contributed by atoms with Crippen LogP contribution in [-0.2, 0) is 14.6 Å². The van der Waals surface area contributed by atoms with Crippen molar-refractivity contribution in [3.8, 4) is 0 Å². The zero-order valence-corrected chi connectivity index (χ0v) is 16.1. The van der Waals surface area contributed by atoms with E-state index in [-0.39, 0.29) is 23.4 Å². The molecule has 140 valence electrons. The van der Waals surface area contributed by atoms with Gasteiger partial charge >= 0.3 is 0 Å². The summed E-state index contributed by atoms with van der Waals surface area (Å²) in [6.45, 7) is 0.757. The Balaban J connectivity index is 1.49. The van der Waals surface area contributed by atoms with Crippen LogP contribution in [0.4, 0.5) is 4.39 Å². The van der Waals surface area contributed by atoms with E-state index in [9.17, 15) is 12.8 Å². The van der Waals surface area contributed by atoms with Gasteiger partial charge in [0, 0.05) is 17.5 Å². The van der Waals surface area contributed by atoms with Crippen LogP contribution in [0.3, 0.4) is 0 Å². The molecule has 0 bridgehead atoms. The largest absolute Gasteiger partial charge is 0.362 e. The van der Waals surface area contributed by atoms with Crippen molar-refractivity contribution in [2.24, 2.45) is 5.92 Å². The van der Waals surface area contributed by atoms with Gasteiger partial charge in [-0.15, -0.1) is 0 Å². The average molecular weight is 380 g/mol. The van der Waals surface area contributed by atoms with Gasteiger partial charge in [0.1, 0.15) is 22.2 Å². The van der Waals surface area contributed by atoms with Gasteiger partial charge < -0.3 is 4.74 Å². The van der Waals surface area contributed by atoms with Gasteiger partial charge in [0.25, 0.3) is 0 Å². The van der Waals surface area contributed by atoms with Crippen molar-refractivity contribution in [1.82, 2.24) is 5.32 Å². The number of piperidine rings is 1. The van der Waals surface area contributed by atoms with E-state index in [2.05, 4.69) is 5.32 Å². The van der Waals surface area contributed by atoms with Gasteiger partial charge in [-0.25, -0.2) is 12.8 Å². The number of alkyl halides is 1. The predicted octanol–water partition coefficient (Wildman–Crippen LogP) is 2.92. The van der Waals surface area contributed by atoms with E-state index in [1.54, 1.807) is 0 Å². The molecular formula is C17H30FNO3S2. The number of hydrogen-bond donors (Lipinski definition) is 1. The number of thioether (sulfide) groups is 1. The van der Waals surface area contributed by atoms with E-state index in [1.807, 2.05) is 11.8 Å². The molecule has 2 aliphatic heterocycles. The first kappa shape index (κ1) is 18.9. The van der Waals surface area contributed by atoms with Crippen molar-refractivity contribution in [1.29, 1.82) is 0 Å². The quantitative estimate of drug-likeness (QED) is 0.796. The highest BCUT2D eigenvalue weighted by molar-refractivity contribution is 8.00. The van der Waals surface area contributed by atoms with Gasteiger partial charge in [-0.05, 0) is 63.0 Å². The molecule has 4 unspecified atom stereocenters. The summed E-state index contributed by atoms with van der Waals surface area (Å²) < 4.78 is 43.8. The van der Waals surface area contributed by atoms with Crippen LogP contribution in [0.5, 0.6) is 0 Å². The van der Waals surface area contributed by atoms with E-state index in [1.165, 1.54) is 24.9 Å². The van der Waals surface area contributed by atoms with Gasteiger partial charge in [0.15, 0.2) is 0 Å². The zero-order valence-electron chi connectivity index (χ0n) is 14.5. The Bertz CT molecular complexity index is 502. The summed E-state index contributed by atoms with van der Waals surface area (Å²) in [4.78, 5) is 0. The van der Waals surface area contributed by atoms with Crippen LogP contribution in [0.25, 0.3) is 0 Å². The lowest BCUT2D eigenvalue weighted by atomic mass is 9.79. The van der Waals surface area contributed by atoms with Gasteiger partial charge in [-0.2, -0.15) is 11.8 Å². The average Bonchev–Trinajstić information content (AvgIpc) is 3.07. The van der Waals surface area contributed by atoms with Crippen LogP contribution in [0.1, 0.15) is 51.4 Å². The summed E-state index contributed by atoms with van der Waals surface area (Å²) >= 11 is 1.98. The Hall–Kier alpha value is 0.150. The minimum Gasteiger partial charge on any atom is -0.362 e. The van der Waals surface area contributed by atoms with Crippen LogP contribution in [-0.4, -0.2) is 56.0 Å². The first-order valence-corrected chi connectivity index (χ1v) is 12.3. The zero-order chi connectivity index (χ0) is 17.2. The SMILES string of the molecule is CS(=O)(=O)C1CCC(C2NC(OCC3CCCS3)CCC2F)CC1. The summed E-state index contributed by atoms with van der Waals surface area (Å²) in [5.41, 5.74) is 0. The Morgan fingerprint density at radius 1 is 1.12 bits per heavy atom. The van der Waals surface area contributed by atoms with Crippen molar-refractivity contribution in [2.75, 3.05) is 18.6 Å². The molecule has 1 N–H and O–H groups in total. The maximum Gasteiger partial charge on any atom is 0.150 e. The van der Waals surface area contributed by atoms with Gasteiger partial charge in [-0.3, -0.25) is 5.32 Å². The topological polar surface area (TPSA) is 55.4 Å². The first-order valence-electron chi connectivity index (χ1n) is 9.25. The second kappa shape index (κ2) is 8.23. The van der Waals surface area contributed by atoms with Gasteiger partial charge in [-0.1, -0.05) is 0 Å². The van der Waals surface area contributed by atoms with Crippen molar-refractivity contribution in [3.63, 3.8) is 0 Å². The smallest absolute Gasteiger partial charge is 0.150 e. The summed E-state index contributed by atoms with van der Waals surface area (Å²) in [5, 5.41) is 3.76. The van der Waals surface area contributed by atoms with E-state index in [0.717, 1.165) is 25.9 Å². The maximum atomic E-state index is 14.4. The van der Waals surface area contributed by atoms with Crippen molar-refractivity contribution in [2.45, 2.75) is 80.3 Å². The highest BCUT2D eigenvalue weighted by atomic mass is 32.2. The number of rotatable bonds is 5. The first-order chi connectivity index (χ1) is 11.4. The molecule has 4 atom stereocenters. The standard InChI is InChI=1S/C17H30FNO3S2/c1-24(20,21)14-6-4-12(5-7-14)17-15(18)8-9-16(19-17)22-11-13-3-2-10-23-13/h12-17,19H,2-11H2,1H3. The van der Waals surface area contributed by atoms with E-state index >= 15 is 0 Å². The molecule has 1 saturated carbocycles. The summed E-state index contributed by atoms with van der Waals surface area (Å²) in [5.74, 6) is 1.45. The molecule has 24 heavy (non-hydrogen) atoms. The second-order valence-corrected chi connectivity index (χ2v) is 11.3. The monoisotopic (exact) mass is 379 g/mol. The molecule has 3 fully saturated rings. The summed E-state index contributed by atoms with van der Waals surface area (Å²) in [7, 11) is -2.96. The molecule has 0 spiro atoms. The highest BCUT2D eigenvalue weighted by Crippen LogP contribution is 2.35. The van der Waals surface area contributed by atoms with Crippen LogP contribution >= 0.6 is 11.8 Å². The minimum absolute atomic E-state index is 0.0455. The Labute approximate surface area is 149 Å². The predicted molar refractivity (Wildman–Crippen MR) is 96.9 cm³/mol. The molecule has 3 aliphatic rings. The van der Waals surface area contributed by atoms with Crippen molar-refractivity contribution >= 4 is 21.6 Å². The Morgan fingerprint density at radius 3 is 2.50 bits per heavy atom. The van der Waals surface area contributed by atoms with Gasteiger partial charge in [0.2, 0.25) is 0 Å². The number of sulfone groups is 1. The van der Waals surface area contributed by atoms with Crippen LogP contribution in [0, 0.1) is 5.92 Å². The molecule has 0 aromatic heterocycles. The third-order valence-corrected chi connectivity index (χ3v) is 8.86. The van der Waals surface area contributed by atoms with Crippen LogP contribution < -0.4 is 5.32 Å². The molecule has 4 nitrogen and oxygen atoms in total. The summed E-state index contributed by atoms with van der Waals surface area (Å²) in [6, 6.07) is -0.180. The highest BCUT2D eigenvalue weighted by Gasteiger charge is 2.39. The van der Waals surface area contributed by atoms with Crippen molar-refractivity contribution in [3.05, 3.63) is 0 Å². The minimum atomic E-state index is -2.96. The Morgan fingerprint density at radius 2 is 1.88 bits per heavy atom.